The van der Waals surface area contributed by atoms with Gasteiger partial charge >= 0.3 is 0 Å². The first-order valence-corrected chi connectivity index (χ1v) is 7.86. The molecule has 0 saturated heterocycles. The van der Waals surface area contributed by atoms with Gasteiger partial charge in [-0.2, -0.15) is 0 Å². The largest absolute Gasteiger partial charge is 0.497 e. The molecule has 1 aromatic heterocycles. The summed E-state index contributed by atoms with van der Waals surface area (Å²) in [6.07, 6.45) is 1.96. The van der Waals surface area contributed by atoms with Crippen LogP contribution in [0.25, 0.3) is 0 Å². The van der Waals surface area contributed by atoms with E-state index in [-0.39, 0.29) is 0 Å². The van der Waals surface area contributed by atoms with Gasteiger partial charge in [-0.3, -0.25) is 0 Å². The maximum atomic E-state index is 5.29. The summed E-state index contributed by atoms with van der Waals surface area (Å²) in [4.78, 5) is 4.56. The van der Waals surface area contributed by atoms with E-state index in [1.54, 1.807) is 18.4 Å². The molecule has 0 aliphatic rings. The second-order valence-electron chi connectivity index (χ2n) is 4.87. The van der Waals surface area contributed by atoms with Gasteiger partial charge < -0.3 is 10.1 Å². The number of rotatable bonds is 7. The second kappa shape index (κ2) is 7.41. The highest BCUT2D eigenvalue weighted by molar-refractivity contribution is 7.09. The summed E-state index contributed by atoms with van der Waals surface area (Å²) in [7, 11) is 1.71. The first-order valence-electron chi connectivity index (χ1n) is 6.98. The number of ether oxygens (including phenoxy) is 1. The number of aryl methyl sites for hydroxylation is 1. The molecule has 3 nitrogen and oxygen atoms in total. The Labute approximate surface area is 125 Å². The van der Waals surface area contributed by atoms with Crippen LogP contribution in [0.1, 0.15) is 23.2 Å². The molecular formula is C16H22N2OS. The van der Waals surface area contributed by atoms with Crippen molar-refractivity contribution in [3.05, 3.63) is 45.9 Å². The van der Waals surface area contributed by atoms with Crippen molar-refractivity contribution in [2.45, 2.75) is 32.7 Å². The van der Waals surface area contributed by atoms with E-state index >= 15 is 0 Å². The minimum absolute atomic E-state index is 0.411. The molecular weight excluding hydrogens is 268 g/mol. The van der Waals surface area contributed by atoms with Gasteiger partial charge in [0.1, 0.15) is 5.75 Å². The normalized spacial score (nSPS) is 12.3. The molecule has 0 aliphatic carbocycles. The lowest BCUT2D eigenvalue weighted by Gasteiger charge is -2.17. The van der Waals surface area contributed by atoms with Gasteiger partial charge in [-0.25, -0.2) is 4.98 Å². The van der Waals surface area contributed by atoms with Crippen LogP contribution in [0, 0.1) is 6.92 Å². The second-order valence-corrected chi connectivity index (χ2v) is 5.93. The van der Waals surface area contributed by atoms with E-state index in [2.05, 4.69) is 41.7 Å². The van der Waals surface area contributed by atoms with Crippen molar-refractivity contribution >= 4 is 11.3 Å². The fraction of sp³-hybridized carbons (Fsp3) is 0.438. The summed E-state index contributed by atoms with van der Waals surface area (Å²) >= 11 is 1.72. The third-order valence-corrected chi connectivity index (χ3v) is 4.05. The van der Waals surface area contributed by atoms with E-state index in [9.17, 15) is 0 Å². The molecule has 0 saturated carbocycles. The van der Waals surface area contributed by atoms with Crippen molar-refractivity contribution in [2.24, 2.45) is 0 Å². The Hall–Kier alpha value is -1.39. The molecule has 1 N–H and O–H groups in total. The Kier molecular flexibility index (Phi) is 5.56. The van der Waals surface area contributed by atoms with Gasteiger partial charge in [-0.05, 0) is 37.6 Å². The van der Waals surface area contributed by atoms with Gasteiger partial charge in [0.2, 0.25) is 0 Å². The highest BCUT2D eigenvalue weighted by Crippen LogP contribution is 2.16. The van der Waals surface area contributed by atoms with Gasteiger partial charge in [0.05, 0.1) is 17.8 Å². The van der Waals surface area contributed by atoms with E-state index in [0.717, 1.165) is 30.1 Å². The molecule has 108 valence electrons. The van der Waals surface area contributed by atoms with Crippen molar-refractivity contribution in [2.75, 3.05) is 13.7 Å². The molecule has 4 heteroatoms. The van der Waals surface area contributed by atoms with Crippen LogP contribution in [0.2, 0.25) is 0 Å². The highest BCUT2D eigenvalue weighted by atomic mass is 32.1. The standard InChI is InChI=1S/C16H22N2OS/c1-4-17-14(10-15-11-20-12(2)18-15)8-13-6-5-7-16(9-13)19-3/h5-7,9,11,14,17H,4,8,10H2,1-3H3. The van der Waals surface area contributed by atoms with Crippen LogP contribution in [-0.2, 0) is 12.8 Å². The van der Waals surface area contributed by atoms with Gasteiger partial charge in [-0.1, -0.05) is 19.1 Å². The molecule has 0 amide bonds. The number of nitrogens with zero attached hydrogens (tertiary/aromatic N) is 1. The van der Waals surface area contributed by atoms with Gasteiger partial charge in [-0.15, -0.1) is 11.3 Å². The molecule has 0 bridgehead atoms. The van der Waals surface area contributed by atoms with Crippen LogP contribution in [-0.4, -0.2) is 24.7 Å². The Bertz CT molecular complexity index is 539. The zero-order chi connectivity index (χ0) is 14.4. The maximum absolute atomic E-state index is 5.29. The number of benzene rings is 1. The van der Waals surface area contributed by atoms with Crippen LogP contribution in [0.5, 0.6) is 5.75 Å². The van der Waals surface area contributed by atoms with Crippen LogP contribution in [0.4, 0.5) is 0 Å². The van der Waals surface area contributed by atoms with Crippen molar-refractivity contribution in [1.82, 2.24) is 10.3 Å². The number of likely N-dealkylation sites (N-methyl/N-ethyl adjacent to an activating group) is 1. The SMILES string of the molecule is CCNC(Cc1cccc(OC)c1)Cc1csc(C)n1. The minimum atomic E-state index is 0.411. The molecule has 0 fully saturated rings. The predicted molar refractivity (Wildman–Crippen MR) is 84.7 cm³/mol. The third kappa shape index (κ3) is 4.32. The molecule has 20 heavy (non-hydrogen) atoms. The summed E-state index contributed by atoms with van der Waals surface area (Å²) in [6, 6.07) is 8.70. The number of methoxy groups -OCH3 is 1. The molecule has 0 radical (unpaired) electrons. The van der Waals surface area contributed by atoms with E-state index in [1.807, 2.05) is 12.1 Å². The zero-order valence-electron chi connectivity index (χ0n) is 12.3. The lowest BCUT2D eigenvalue weighted by Crippen LogP contribution is -2.33. The Morgan fingerprint density at radius 1 is 1.35 bits per heavy atom. The number of aromatic nitrogens is 1. The Balaban J connectivity index is 2.04. The number of thiazole rings is 1. The fourth-order valence-electron chi connectivity index (χ4n) is 2.34. The number of hydrogen-bond acceptors (Lipinski definition) is 4. The van der Waals surface area contributed by atoms with E-state index < -0.39 is 0 Å². The molecule has 2 rings (SSSR count). The van der Waals surface area contributed by atoms with Crippen molar-refractivity contribution < 1.29 is 4.74 Å². The fourth-order valence-corrected chi connectivity index (χ4v) is 2.97. The quantitative estimate of drug-likeness (QED) is 0.850. The Morgan fingerprint density at radius 2 is 2.20 bits per heavy atom. The molecule has 1 heterocycles. The smallest absolute Gasteiger partial charge is 0.119 e. The summed E-state index contributed by atoms with van der Waals surface area (Å²) in [6.45, 7) is 5.17. The average Bonchev–Trinajstić information content (AvgIpc) is 2.84. The highest BCUT2D eigenvalue weighted by Gasteiger charge is 2.12. The summed E-state index contributed by atoms with van der Waals surface area (Å²) in [5.74, 6) is 0.919. The number of hydrogen-bond donors (Lipinski definition) is 1. The first-order chi connectivity index (χ1) is 9.71. The summed E-state index contributed by atoms with van der Waals surface area (Å²) < 4.78 is 5.29. The van der Waals surface area contributed by atoms with E-state index in [4.69, 9.17) is 4.74 Å². The zero-order valence-corrected chi connectivity index (χ0v) is 13.2. The third-order valence-electron chi connectivity index (χ3n) is 3.23. The molecule has 0 aliphatic heterocycles. The Morgan fingerprint density at radius 3 is 2.85 bits per heavy atom. The average molecular weight is 290 g/mol. The van der Waals surface area contributed by atoms with Crippen molar-refractivity contribution in [3.8, 4) is 5.75 Å². The molecule has 2 aromatic rings. The van der Waals surface area contributed by atoms with E-state index in [1.165, 1.54) is 11.3 Å². The first kappa shape index (κ1) is 15.0. The van der Waals surface area contributed by atoms with Crippen LogP contribution in [0.15, 0.2) is 29.6 Å². The molecule has 1 aromatic carbocycles. The number of nitrogens with one attached hydrogen (secondary N) is 1. The van der Waals surface area contributed by atoms with E-state index in [0.29, 0.717) is 6.04 Å². The summed E-state index contributed by atoms with van der Waals surface area (Å²) in [5, 5.41) is 6.84. The summed E-state index contributed by atoms with van der Waals surface area (Å²) in [5.41, 5.74) is 2.48. The molecule has 0 spiro atoms. The molecule has 1 unspecified atom stereocenters. The van der Waals surface area contributed by atoms with Crippen LogP contribution >= 0.6 is 11.3 Å². The van der Waals surface area contributed by atoms with Crippen LogP contribution in [0.3, 0.4) is 0 Å². The topological polar surface area (TPSA) is 34.1 Å². The van der Waals surface area contributed by atoms with Crippen molar-refractivity contribution in [3.63, 3.8) is 0 Å². The monoisotopic (exact) mass is 290 g/mol. The predicted octanol–water partition coefficient (Wildman–Crippen LogP) is 3.22. The van der Waals surface area contributed by atoms with Gasteiger partial charge in [0, 0.05) is 17.8 Å². The van der Waals surface area contributed by atoms with Gasteiger partial charge in [0.15, 0.2) is 0 Å². The van der Waals surface area contributed by atoms with Gasteiger partial charge in [0.25, 0.3) is 0 Å². The minimum Gasteiger partial charge on any atom is -0.497 e. The molecule has 1 atom stereocenters. The lowest BCUT2D eigenvalue weighted by molar-refractivity contribution is 0.413. The van der Waals surface area contributed by atoms with Crippen LogP contribution < -0.4 is 10.1 Å². The lowest BCUT2D eigenvalue weighted by atomic mass is 10.0. The van der Waals surface area contributed by atoms with Crippen molar-refractivity contribution in [1.29, 1.82) is 0 Å². The maximum Gasteiger partial charge on any atom is 0.119 e.